The van der Waals surface area contributed by atoms with Gasteiger partial charge in [-0.15, -0.1) is 10.2 Å². The average Bonchev–Trinajstić information content (AvgIpc) is 3.20. The lowest BCUT2D eigenvalue weighted by atomic mass is 10.2. The molecule has 4 aromatic heterocycles. The zero-order chi connectivity index (χ0) is 23.8. The van der Waals surface area contributed by atoms with Gasteiger partial charge in [-0.3, -0.25) is 4.98 Å². The first-order valence-electron chi connectivity index (χ1n) is 9.56. The van der Waals surface area contributed by atoms with Crippen molar-refractivity contribution in [3.8, 4) is 34.6 Å². The molecule has 0 N–H and O–H groups in total. The van der Waals surface area contributed by atoms with Gasteiger partial charge in [0.2, 0.25) is 0 Å². The lowest BCUT2D eigenvalue weighted by Gasteiger charge is -2.11. The molecular formula is C20H16F3N7O2S. The van der Waals surface area contributed by atoms with Gasteiger partial charge in [0.1, 0.15) is 17.1 Å². The van der Waals surface area contributed by atoms with E-state index in [1.54, 1.807) is 6.07 Å². The predicted octanol–water partition coefficient (Wildman–Crippen LogP) is 3.21. The SMILES string of the molecule is CCS(=O)(=O)c1ccc(-c2ncccn2)nc1-c1nnc(-c2cc(C(F)(F)F)ccn2)n1C. The molecule has 0 fully saturated rings. The Labute approximate surface area is 186 Å². The molecule has 33 heavy (non-hydrogen) atoms. The molecule has 0 saturated heterocycles. The van der Waals surface area contributed by atoms with Crippen LogP contribution in [0.5, 0.6) is 0 Å². The van der Waals surface area contributed by atoms with E-state index < -0.39 is 21.6 Å². The van der Waals surface area contributed by atoms with Crippen molar-refractivity contribution in [2.75, 3.05) is 5.75 Å². The molecule has 0 aliphatic carbocycles. The lowest BCUT2D eigenvalue weighted by Crippen LogP contribution is -2.10. The van der Waals surface area contributed by atoms with E-state index >= 15 is 0 Å². The van der Waals surface area contributed by atoms with Crippen molar-refractivity contribution < 1.29 is 21.6 Å². The van der Waals surface area contributed by atoms with Gasteiger partial charge in [0.05, 0.1) is 16.2 Å². The minimum Gasteiger partial charge on any atom is -0.307 e. The number of halogens is 3. The molecule has 0 atom stereocenters. The van der Waals surface area contributed by atoms with Crippen LogP contribution >= 0.6 is 0 Å². The zero-order valence-corrected chi connectivity index (χ0v) is 18.1. The molecule has 0 aromatic carbocycles. The Morgan fingerprint density at radius 1 is 0.939 bits per heavy atom. The van der Waals surface area contributed by atoms with E-state index in [1.165, 1.54) is 43.1 Å². The van der Waals surface area contributed by atoms with Crippen molar-refractivity contribution >= 4 is 9.84 Å². The number of rotatable bonds is 5. The van der Waals surface area contributed by atoms with Gasteiger partial charge in [-0.05, 0) is 30.3 Å². The van der Waals surface area contributed by atoms with Gasteiger partial charge in [-0.2, -0.15) is 13.2 Å². The van der Waals surface area contributed by atoms with Crippen molar-refractivity contribution in [3.05, 3.63) is 54.5 Å². The van der Waals surface area contributed by atoms with Crippen LogP contribution in [0.3, 0.4) is 0 Å². The third kappa shape index (κ3) is 4.31. The van der Waals surface area contributed by atoms with Crippen LogP contribution in [0.25, 0.3) is 34.6 Å². The molecule has 0 amide bonds. The Hall–Kier alpha value is -3.74. The lowest BCUT2D eigenvalue weighted by molar-refractivity contribution is -0.137. The fourth-order valence-electron chi connectivity index (χ4n) is 3.06. The Morgan fingerprint density at radius 3 is 2.30 bits per heavy atom. The Balaban J connectivity index is 1.90. The first-order valence-corrected chi connectivity index (χ1v) is 11.2. The van der Waals surface area contributed by atoms with E-state index in [4.69, 9.17) is 0 Å². The highest BCUT2D eigenvalue weighted by Crippen LogP contribution is 2.32. The average molecular weight is 475 g/mol. The van der Waals surface area contributed by atoms with Crippen LogP contribution < -0.4 is 0 Å². The predicted molar refractivity (Wildman–Crippen MR) is 111 cm³/mol. The van der Waals surface area contributed by atoms with Crippen LogP contribution in [0.2, 0.25) is 0 Å². The van der Waals surface area contributed by atoms with E-state index in [1.807, 2.05) is 0 Å². The van der Waals surface area contributed by atoms with Gasteiger partial charge < -0.3 is 4.57 Å². The van der Waals surface area contributed by atoms with Gasteiger partial charge in [0.25, 0.3) is 0 Å². The summed E-state index contributed by atoms with van der Waals surface area (Å²) < 4.78 is 66.2. The number of sulfone groups is 1. The van der Waals surface area contributed by atoms with Gasteiger partial charge in [0, 0.05) is 25.6 Å². The standard InChI is InChI=1S/C20H16F3N7O2S/c1-3-33(31,32)15-6-5-13(17-25-8-4-9-26-17)27-16(15)19-29-28-18(30(19)2)14-11-12(7-10-24-14)20(21,22)23/h4-11H,3H2,1-2H3. The molecule has 4 heterocycles. The molecule has 4 aromatic rings. The summed E-state index contributed by atoms with van der Waals surface area (Å²) in [5, 5.41) is 7.98. The molecule has 0 aliphatic rings. The van der Waals surface area contributed by atoms with E-state index in [-0.39, 0.29) is 39.5 Å². The maximum absolute atomic E-state index is 13.1. The number of alkyl halides is 3. The molecular weight excluding hydrogens is 459 g/mol. The van der Waals surface area contributed by atoms with E-state index in [2.05, 4.69) is 30.1 Å². The molecule has 0 spiro atoms. The summed E-state index contributed by atoms with van der Waals surface area (Å²) in [6.45, 7) is 1.49. The van der Waals surface area contributed by atoms with Crippen LogP contribution in [0.1, 0.15) is 12.5 Å². The van der Waals surface area contributed by atoms with Crippen molar-refractivity contribution in [1.29, 1.82) is 0 Å². The highest BCUT2D eigenvalue weighted by molar-refractivity contribution is 7.91. The fraction of sp³-hybridized carbons (Fsp3) is 0.200. The normalized spacial score (nSPS) is 12.2. The maximum Gasteiger partial charge on any atom is 0.416 e. The number of pyridine rings is 2. The molecule has 0 unspecified atom stereocenters. The van der Waals surface area contributed by atoms with Crippen LogP contribution in [0.15, 0.2) is 53.8 Å². The quantitative estimate of drug-likeness (QED) is 0.432. The van der Waals surface area contributed by atoms with E-state index in [0.29, 0.717) is 5.69 Å². The van der Waals surface area contributed by atoms with Crippen molar-refractivity contribution in [2.45, 2.75) is 18.0 Å². The van der Waals surface area contributed by atoms with Gasteiger partial charge >= 0.3 is 6.18 Å². The smallest absolute Gasteiger partial charge is 0.307 e. The maximum atomic E-state index is 13.1. The van der Waals surface area contributed by atoms with Crippen LogP contribution in [0, 0.1) is 0 Å². The monoisotopic (exact) mass is 475 g/mol. The zero-order valence-electron chi connectivity index (χ0n) is 17.3. The molecule has 9 nitrogen and oxygen atoms in total. The molecule has 170 valence electrons. The molecule has 0 bridgehead atoms. The molecule has 13 heteroatoms. The van der Waals surface area contributed by atoms with Crippen molar-refractivity contribution in [3.63, 3.8) is 0 Å². The summed E-state index contributed by atoms with van der Waals surface area (Å²) in [6.07, 6.45) is -0.515. The van der Waals surface area contributed by atoms with E-state index in [0.717, 1.165) is 18.3 Å². The molecule has 0 saturated carbocycles. The van der Waals surface area contributed by atoms with Crippen molar-refractivity contribution in [1.82, 2.24) is 34.7 Å². The summed E-state index contributed by atoms with van der Waals surface area (Å²) in [5.74, 6) is 0.122. The van der Waals surface area contributed by atoms with Gasteiger partial charge in [-0.25, -0.2) is 23.4 Å². The Morgan fingerprint density at radius 2 is 1.64 bits per heavy atom. The summed E-state index contributed by atoms with van der Waals surface area (Å²) in [5.41, 5.74) is -0.696. The summed E-state index contributed by atoms with van der Waals surface area (Å²) in [7, 11) is -2.23. The highest BCUT2D eigenvalue weighted by atomic mass is 32.2. The second-order valence-corrected chi connectivity index (χ2v) is 9.10. The second kappa shape index (κ2) is 8.31. The minimum atomic E-state index is -4.56. The molecule has 0 aliphatic heterocycles. The fourth-order valence-corrected chi connectivity index (χ4v) is 4.07. The largest absolute Gasteiger partial charge is 0.416 e. The van der Waals surface area contributed by atoms with Crippen LogP contribution in [-0.4, -0.2) is 48.9 Å². The third-order valence-corrected chi connectivity index (χ3v) is 6.53. The van der Waals surface area contributed by atoms with Crippen molar-refractivity contribution in [2.24, 2.45) is 7.05 Å². The van der Waals surface area contributed by atoms with Gasteiger partial charge in [0.15, 0.2) is 27.3 Å². The van der Waals surface area contributed by atoms with E-state index in [9.17, 15) is 21.6 Å². The molecule has 4 rings (SSSR count). The second-order valence-electron chi connectivity index (χ2n) is 6.85. The topological polar surface area (TPSA) is 116 Å². The number of hydrogen-bond donors (Lipinski definition) is 0. The number of hydrogen-bond acceptors (Lipinski definition) is 8. The minimum absolute atomic E-state index is 0.0131. The highest BCUT2D eigenvalue weighted by Gasteiger charge is 2.31. The molecule has 0 radical (unpaired) electrons. The summed E-state index contributed by atoms with van der Waals surface area (Å²) >= 11 is 0. The van der Waals surface area contributed by atoms with Crippen LogP contribution in [-0.2, 0) is 23.1 Å². The Bertz CT molecular complexity index is 1420. The van der Waals surface area contributed by atoms with Crippen LogP contribution in [0.4, 0.5) is 13.2 Å². The first kappa shape index (κ1) is 22.5. The summed E-state index contributed by atoms with van der Waals surface area (Å²) in [6, 6.07) is 6.17. The summed E-state index contributed by atoms with van der Waals surface area (Å²) in [4.78, 5) is 16.5. The van der Waals surface area contributed by atoms with Gasteiger partial charge in [-0.1, -0.05) is 6.92 Å². The Kier molecular flexibility index (Phi) is 5.66. The number of aromatic nitrogens is 7. The number of nitrogens with zero attached hydrogens (tertiary/aromatic N) is 7. The third-order valence-electron chi connectivity index (χ3n) is 4.77. The first-order chi connectivity index (χ1) is 15.6.